The minimum absolute atomic E-state index is 0.181. The summed E-state index contributed by atoms with van der Waals surface area (Å²) in [5.41, 5.74) is -0.533. The van der Waals surface area contributed by atoms with Gasteiger partial charge in [-0.25, -0.2) is 4.68 Å². The standard InChI is InChI=1S/C18H33ClN2OSSi/c1-7-9-11-24(6,12-10-8-2)14-23-15-13-20-21(18(3,4)5)17(22)16(15)19/h13H,7-12,14H2,1-6H3. The van der Waals surface area contributed by atoms with Crippen LogP contribution in [0.5, 0.6) is 0 Å². The Morgan fingerprint density at radius 3 is 2.21 bits per heavy atom. The third-order valence-electron chi connectivity index (χ3n) is 4.37. The molecule has 1 heterocycles. The second kappa shape index (κ2) is 9.44. The molecule has 0 atom stereocenters. The lowest BCUT2D eigenvalue weighted by Gasteiger charge is -2.27. The van der Waals surface area contributed by atoms with Crippen LogP contribution in [0.3, 0.4) is 0 Å². The number of rotatable bonds is 9. The smallest absolute Gasteiger partial charge is 0.266 e. The average molecular weight is 389 g/mol. The van der Waals surface area contributed by atoms with E-state index in [9.17, 15) is 4.79 Å². The first-order valence-corrected chi connectivity index (χ1v) is 13.5. The quantitative estimate of drug-likeness (QED) is 0.386. The molecule has 1 aromatic rings. The van der Waals surface area contributed by atoms with Crippen LogP contribution in [0.1, 0.15) is 60.3 Å². The van der Waals surface area contributed by atoms with Crippen molar-refractivity contribution in [2.24, 2.45) is 0 Å². The van der Waals surface area contributed by atoms with E-state index in [-0.39, 0.29) is 11.1 Å². The van der Waals surface area contributed by atoms with Gasteiger partial charge in [0.25, 0.3) is 5.56 Å². The van der Waals surface area contributed by atoms with Gasteiger partial charge in [0.15, 0.2) is 0 Å². The molecule has 0 aromatic carbocycles. The van der Waals surface area contributed by atoms with Crippen LogP contribution in [0.4, 0.5) is 0 Å². The van der Waals surface area contributed by atoms with Crippen LogP contribution >= 0.6 is 23.4 Å². The van der Waals surface area contributed by atoms with Crippen molar-refractivity contribution in [3.8, 4) is 0 Å². The van der Waals surface area contributed by atoms with Gasteiger partial charge in [0, 0.05) is 0 Å². The lowest BCUT2D eigenvalue weighted by molar-refractivity contribution is 0.336. The summed E-state index contributed by atoms with van der Waals surface area (Å²) in [5, 5.41) is 5.79. The fraction of sp³-hybridized carbons (Fsp3) is 0.778. The second-order valence-electron chi connectivity index (χ2n) is 8.02. The van der Waals surface area contributed by atoms with Crippen molar-refractivity contribution < 1.29 is 0 Å². The lowest BCUT2D eigenvalue weighted by atomic mass is 10.1. The van der Waals surface area contributed by atoms with Gasteiger partial charge in [0.1, 0.15) is 5.02 Å². The fourth-order valence-corrected chi connectivity index (χ4v) is 9.19. The molecule has 0 aliphatic heterocycles. The van der Waals surface area contributed by atoms with Crippen LogP contribution in [0.15, 0.2) is 15.9 Å². The Labute approximate surface area is 157 Å². The van der Waals surface area contributed by atoms with E-state index in [2.05, 4.69) is 25.5 Å². The molecular weight excluding hydrogens is 356 g/mol. The highest BCUT2D eigenvalue weighted by atomic mass is 35.5. The van der Waals surface area contributed by atoms with Gasteiger partial charge in [-0.3, -0.25) is 4.79 Å². The summed E-state index contributed by atoms with van der Waals surface area (Å²) in [6.45, 7) is 12.9. The van der Waals surface area contributed by atoms with Crippen LogP contribution in [0.25, 0.3) is 0 Å². The van der Waals surface area contributed by atoms with E-state index in [0.717, 1.165) is 10.3 Å². The largest absolute Gasteiger partial charge is 0.287 e. The van der Waals surface area contributed by atoms with Crippen LogP contribution in [0.2, 0.25) is 23.7 Å². The molecule has 6 heteroatoms. The summed E-state index contributed by atoms with van der Waals surface area (Å²) in [5.74, 6) is 0. The topological polar surface area (TPSA) is 34.9 Å². The zero-order chi connectivity index (χ0) is 18.4. The molecule has 3 nitrogen and oxygen atoms in total. The molecule has 0 saturated carbocycles. The Balaban J connectivity index is 2.91. The Morgan fingerprint density at radius 2 is 1.75 bits per heavy atom. The maximum absolute atomic E-state index is 12.5. The monoisotopic (exact) mass is 388 g/mol. The molecule has 1 rings (SSSR count). The van der Waals surface area contributed by atoms with Crippen LogP contribution in [-0.4, -0.2) is 23.2 Å². The zero-order valence-electron chi connectivity index (χ0n) is 16.1. The van der Waals surface area contributed by atoms with E-state index in [1.807, 2.05) is 20.8 Å². The number of unbranched alkanes of at least 4 members (excludes halogenated alkanes) is 2. The first-order chi connectivity index (χ1) is 11.1. The van der Waals surface area contributed by atoms with Crippen molar-refractivity contribution in [3.05, 3.63) is 21.6 Å². The molecular formula is C18H33ClN2OSSi. The van der Waals surface area contributed by atoms with E-state index >= 15 is 0 Å². The van der Waals surface area contributed by atoms with E-state index in [1.54, 1.807) is 18.0 Å². The summed E-state index contributed by atoms with van der Waals surface area (Å²) in [7, 11) is -1.30. The molecule has 0 amide bonds. The highest BCUT2D eigenvalue weighted by Gasteiger charge is 2.27. The average Bonchev–Trinajstić information content (AvgIpc) is 2.51. The summed E-state index contributed by atoms with van der Waals surface area (Å²) in [6.07, 6.45) is 6.90. The van der Waals surface area contributed by atoms with Gasteiger partial charge in [-0.1, -0.05) is 69.8 Å². The zero-order valence-corrected chi connectivity index (χ0v) is 18.7. The normalized spacial score (nSPS) is 12.6. The number of thioether (sulfide) groups is 1. The third-order valence-corrected chi connectivity index (χ3v) is 12.0. The molecule has 0 saturated heterocycles. The Morgan fingerprint density at radius 1 is 1.21 bits per heavy atom. The molecule has 0 fully saturated rings. The van der Waals surface area contributed by atoms with E-state index in [1.165, 1.54) is 42.5 Å². The maximum Gasteiger partial charge on any atom is 0.287 e. The summed E-state index contributed by atoms with van der Waals surface area (Å²) >= 11 is 8.11. The van der Waals surface area contributed by atoms with Gasteiger partial charge in [0.2, 0.25) is 0 Å². The molecule has 0 N–H and O–H groups in total. The maximum atomic E-state index is 12.5. The number of hydrogen-bond donors (Lipinski definition) is 0. The fourth-order valence-electron chi connectivity index (χ4n) is 2.72. The number of halogens is 1. The predicted molar refractivity (Wildman–Crippen MR) is 110 cm³/mol. The van der Waals surface area contributed by atoms with Crippen molar-refractivity contribution in [2.45, 2.75) is 89.4 Å². The van der Waals surface area contributed by atoms with Crippen molar-refractivity contribution in [2.75, 3.05) is 5.38 Å². The predicted octanol–water partition coefficient (Wildman–Crippen LogP) is 5.96. The van der Waals surface area contributed by atoms with Crippen molar-refractivity contribution in [1.29, 1.82) is 0 Å². The summed E-state index contributed by atoms with van der Waals surface area (Å²) in [6, 6.07) is 2.72. The molecule has 0 aliphatic carbocycles. The summed E-state index contributed by atoms with van der Waals surface area (Å²) < 4.78 is 1.48. The van der Waals surface area contributed by atoms with E-state index < -0.39 is 8.07 Å². The number of aromatic nitrogens is 2. The van der Waals surface area contributed by atoms with E-state index in [4.69, 9.17) is 11.6 Å². The van der Waals surface area contributed by atoms with Gasteiger partial charge in [-0.05, 0) is 26.1 Å². The Kier molecular flexibility index (Phi) is 8.57. The van der Waals surface area contributed by atoms with Crippen molar-refractivity contribution >= 4 is 31.4 Å². The van der Waals surface area contributed by atoms with Crippen molar-refractivity contribution in [1.82, 2.24) is 9.78 Å². The Bertz CT molecular complexity index is 575. The van der Waals surface area contributed by atoms with Crippen molar-refractivity contribution in [3.63, 3.8) is 0 Å². The SMILES string of the molecule is CCCC[Si](C)(CCCC)CSc1cnn(C(C)(C)C)c(=O)c1Cl. The highest BCUT2D eigenvalue weighted by molar-refractivity contribution is 8.01. The van der Waals surface area contributed by atoms with Gasteiger partial charge in [-0.15, -0.1) is 11.8 Å². The molecule has 0 unspecified atom stereocenters. The first kappa shape index (κ1) is 21.8. The minimum atomic E-state index is -1.30. The van der Waals surface area contributed by atoms with Gasteiger partial charge in [-0.2, -0.15) is 5.10 Å². The van der Waals surface area contributed by atoms with Crippen LogP contribution in [0, 0.1) is 0 Å². The van der Waals surface area contributed by atoms with Gasteiger partial charge in [0.05, 0.1) is 24.7 Å². The van der Waals surface area contributed by atoms with Gasteiger partial charge < -0.3 is 0 Å². The van der Waals surface area contributed by atoms with Crippen LogP contribution in [-0.2, 0) is 5.54 Å². The Hall–Kier alpha value is -0.263. The number of hydrogen-bond acceptors (Lipinski definition) is 3. The van der Waals surface area contributed by atoms with Crippen LogP contribution < -0.4 is 5.56 Å². The minimum Gasteiger partial charge on any atom is -0.266 e. The first-order valence-electron chi connectivity index (χ1n) is 9.05. The van der Waals surface area contributed by atoms with Gasteiger partial charge >= 0.3 is 0 Å². The van der Waals surface area contributed by atoms with E-state index in [0.29, 0.717) is 5.02 Å². The summed E-state index contributed by atoms with van der Waals surface area (Å²) in [4.78, 5) is 13.3. The molecule has 0 aliphatic rings. The third kappa shape index (κ3) is 6.23. The molecule has 0 bridgehead atoms. The molecule has 1 aromatic heterocycles. The molecule has 24 heavy (non-hydrogen) atoms. The number of nitrogens with zero attached hydrogens (tertiary/aromatic N) is 2. The highest BCUT2D eigenvalue weighted by Crippen LogP contribution is 2.31. The molecule has 0 spiro atoms. The lowest BCUT2D eigenvalue weighted by Crippen LogP contribution is -2.36. The molecule has 138 valence electrons. The second-order valence-corrected chi connectivity index (χ2v) is 14.9. The molecule has 0 radical (unpaired) electrons.